The van der Waals surface area contributed by atoms with Gasteiger partial charge in [0, 0.05) is 11.1 Å². The smallest absolute Gasteiger partial charge is 0.152 e. The zero-order chi connectivity index (χ0) is 36.3. The van der Waals surface area contributed by atoms with E-state index < -0.39 is 36.6 Å². The zero-order valence-electron chi connectivity index (χ0n) is 30.5. The Kier molecular flexibility index (Phi) is 12.0. The highest BCUT2D eigenvalue weighted by Gasteiger charge is 2.41. The molecule has 50 heavy (non-hydrogen) atoms. The molecule has 2 heterocycles. The number of aliphatic hydroxyl groups excluding tert-OH is 4. The Morgan fingerprint density at radius 1 is 0.500 bits per heavy atom. The lowest BCUT2D eigenvalue weighted by Crippen LogP contribution is -2.36. The average molecular weight is 685 g/mol. The number of hydrogen-bond acceptors (Lipinski definition) is 8. The van der Waals surface area contributed by atoms with Crippen LogP contribution in [-0.4, -0.2) is 59.1 Å². The lowest BCUT2D eigenvalue weighted by molar-refractivity contribution is -0.107. The summed E-state index contributed by atoms with van der Waals surface area (Å²) in [6, 6.07) is 20.3. The number of benzene rings is 4. The van der Waals surface area contributed by atoms with Crippen LogP contribution in [0.2, 0.25) is 0 Å². The van der Waals surface area contributed by atoms with Gasteiger partial charge in [0.1, 0.15) is 35.9 Å². The van der Waals surface area contributed by atoms with Crippen molar-refractivity contribution in [1.29, 1.82) is 0 Å². The van der Waals surface area contributed by atoms with E-state index >= 15 is 0 Å². The first-order chi connectivity index (χ1) is 23.8. The fraction of sp³-hybridized carbons (Fsp3) is 0.429. The molecule has 4 aromatic carbocycles. The van der Waals surface area contributed by atoms with E-state index in [-0.39, 0.29) is 26.4 Å². The number of rotatable bonds is 8. The Balaban J connectivity index is 0.000000194. The van der Waals surface area contributed by atoms with Gasteiger partial charge in [0.2, 0.25) is 0 Å². The van der Waals surface area contributed by atoms with E-state index in [0.29, 0.717) is 0 Å². The maximum atomic E-state index is 11.0. The zero-order valence-corrected chi connectivity index (χ0v) is 30.5. The highest BCUT2D eigenvalue weighted by atomic mass is 16.5. The van der Waals surface area contributed by atoms with Crippen LogP contribution in [0.15, 0.2) is 60.7 Å². The van der Waals surface area contributed by atoms with Gasteiger partial charge in [-0.25, -0.2) is 0 Å². The Hall–Kier alpha value is -3.76. The minimum Gasteiger partial charge on any atom is -0.482 e. The third kappa shape index (κ3) is 7.91. The van der Waals surface area contributed by atoms with Crippen molar-refractivity contribution in [3.63, 3.8) is 0 Å². The van der Waals surface area contributed by atoms with Gasteiger partial charge >= 0.3 is 0 Å². The van der Waals surface area contributed by atoms with Crippen LogP contribution in [0.25, 0.3) is 0 Å². The summed E-state index contributed by atoms with van der Waals surface area (Å²) in [5.74, 6) is 1.49. The average Bonchev–Trinajstić information content (AvgIpc) is 3.06. The Bertz CT molecular complexity index is 1670. The van der Waals surface area contributed by atoms with E-state index in [1.54, 1.807) is 0 Å². The summed E-state index contributed by atoms with van der Waals surface area (Å²) >= 11 is 0. The molecule has 0 aliphatic carbocycles. The predicted octanol–water partition coefficient (Wildman–Crippen LogP) is 6.93. The molecule has 2 aliphatic heterocycles. The molecule has 0 spiro atoms. The summed E-state index contributed by atoms with van der Waals surface area (Å²) in [6.45, 7) is 16.4. The molecule has 0 amide bonds. The molecule has 4 aromatic rings. The molecule has 2 aliphatic rings. The molecule has 0 radical (unpaired) electrons. The number of aliphatic hydroxyl groups is 4. The summed E-state index contributed by atoms with van der Waals surface area (Å²) in [7, 11) is 0. The second-order valence-electron chi connectivity index (χ2n) is 13.8. The van der Waals surface area contributed by atoms with Crippen LogP contribution in [0.4, 0.5) is 0 Å². The van der Waals surface area contributed by atoms with Gasteiger partial charge < -0.3 is 39.4 Å². The lowest BCUT2D eigenvalue weighted by Gasteiger charge is -2.38. The highest BCUT2D eigenvalue weighted by Crippen LogP contribution is 2.46. The summed E-state index contributed by atoms with van der Waals surface area (Å²) in [4.78, 5) is 0. The predicted molar refractivity (Wildman–Crippen MR) is 194 cm³/mol. The molecule has 0 saturated carbocycles. The van der Waals surface area contributed by atoms with Gasteiger partial charge in [-0.15, -0.1) is 0 Å². The minimum absolute atomic E-state index is 0.0847. The summed E-state index contributed by atoms with van der Waals surface area (Å²) in [5, 5.41) is 40.3. The van der Waals surface area contributed by atoms with Crippen LogP contribution in [0.5, 0.6) is 11.5 Å². The standard InChI is InChI=1S/2C21H26O4/c2*1-12-9-15(4)18-17(10-12)25-20(19(23)21(18)24-8-7-22)16-6-5-13(2)14(3)11-16/h2*5-6,9-11,19-23H,7-8H2,1-4H3/t19-,20+,21?;19-,20-,21?/m01/s1. The van der Waals surface area contributed by atoms with E-state index in [4.69, 9.17) is 29.2 Å². The fourth-order valence-electron chi connectivity index (χ4n) is 7.01. The van der Waals surface area contributed by atoms with Crippen molar-refractivity contribution in [2.45, 2.75) is 92.0 Å². The van der Waals surface area contributed by atoms with Gasteiger partial charge in [0.05, 0.1) is 26.4 Å². The molecule has 6 rings (SSSR count). The number of ether oxygens (including phenoxy) is 4. The molecule has 0 saturated heterocycles. The van der Waals surface area contributed by atoms with Crippen molar-refractivity contribution >= 4 is 0 Å². The SMILES string of the molecule is Cc1cc(C)c2c(c1)O[C@H](c1ccc(C)c(C)c1)[C@@H](O)C2OCCO.Cc1cc(C)c2c(c1)O[C@H](c1ccc(C)c(C)c1)[C@H](O)C2OCCO. The van der Waals surface area contributed by atoms with E-state index in [1.807, 2.05) is 64.1 Å². The third-order valence-corrected chi connectivity index (χ3v) is 9.80. The maximum absolute atomic E-state index is 11.0. The molecule has 8 nitrogen and oxygen atoms in total. The van der Waals surface area contributed by atoms with Gasteiger partial charge in [0.25, 0.3) is 0 Å². The molecule has 8 heteroatoms. The number of fused-ring (bicyclic) bond motifs is 2. The Labute approximate surface area is 296 Å². The Morgan fingerprint density at radius 3 is 1.22 bits per heavy atom. The van der Waals surface area contributed by atoms with Gasteiger partial charge in [-0.1, -0.05) is 48.5 Å². The van der Waals surface area contributed by atoms with E-state index in [9.17, 15) is 10.2 Å². The molecule has 4 N–H and O–H groups in total. The number of hydrogen-bond donors (Lipinski definition) is 4. The van der Waals surface area contributed by atoms with Crippen molar-refractivity contribution in [3.8, 4) is 11.5 Å². The van der Waals surface area contributed by atoms with E-state index in [0.717, 1.165) is 67.1 Å². The van der Waals surface area contributed by atoms with Gasteiger partial charge in [-0.3, -0.25) is 0 Å². The van der Waals surface area contributed by atoms with Gasteiger partial charge in [-0.2, -0.15) is 0 Å². The van der Waals surface area contributed by atoms with Crippen molar-refractivity contribution < 1.29 is 39.4 Å². The van der Waals surface area contributed by atoms with Crippen molar-refractivity contribution in [2.24, 2.45) is 0 Å². The van der Waals surface area contributed by atoms with Gasteiger partial charge in [-0.05, 0) is 123 Å². The molecular formula is C42H52O8. The highest BCUT2D eigenvalue weighted by molar-refractivity contribution is 5.49. The van der Waals surface area contributed by atoms with E-state index in [2.05, 4.69) is 52.0 Å². The van der Waals surface area contributed by atoms with Crippen molar-refractivity contribution in [1.82, 2.24) is 0 Å². The van der Waals surface area contributed by atoms with E-state index in [1.165, 1.54) is 11.1 Å². The van der Waals surface area contributed by atoms with Crippen LogP contribution < -0.4 is 9.47 Å². The summed E-state index contributed by atoms with van der Waals surface area (Å²) in [6.07, 6.45) is -3.75. The molecule has 6 atom stereocenters. The third-order valence-electron chi connectivity index (χ3n) is 9.80. The Morgan fingerprint density at radius 2 is 0.880 bits per heavy atom. The maximum Gasteiger partial charge on any atom is 0.152 e. The normalized spacial score (nSPS) is 22.4. The minimum atomic E-state index is -0.845. The molecule has 0 fully saturated rings. The van der Waals surface area contributed by atoms with Gasteiger partial charge in [0.15, 0.2) is 12.2 Å². The topological polar surface area (TPSA) is 118 Å². The molecule has 2 unspecified atom stereocenters. The lowest BCUT2D eigenvalue weighted by atomic mass is 9.88. The van der Waals surface area contributed by atoms with Crippen molar-refractivity contribution in [2.75, 3.05) is 26.4 Å². The second kappa shape index (κ2) is 16.1. The van der Waals surface area contributed by atoms with Crippen LogP contribution in [0.3, 0.4) is 0 Å². The molecule has 0 bridgehead atoms. The van der Waals surface area contributed by atoms with Crippen LogP contribution in [0.1, 0.15) is 91.2 Å². The quantitative estimate of drug-likeness (QED) is 0.158. The summed E-state index contributed by atoms with van der Waals surface area (Å²) in [5.41, 5.74) is 12.6. The fourth-order valence-corrected chi connectivity index (χ4v) is 7.01. The van der Waals surface area contributed by atoms with Crippen LogP contribution in [-0.2, 0) is 9.47 Å². The molecule has 0 aromatic heterocycles. The molecular weight excluding hydrogens is 632 g/mol. The largest absolute Gasteiger partial charge is 0.482 e. The summed E-state index contributed by atoms with van der Waals surface area (Å²) < 4.78 is 24.0. The van der Waals surface area contributed by atoms with Crippen LogP contribution >= 0.6 is 0 Å². The first-order valence-electron chi connectivity index (χ1n) is 17.4. The molecule has 268 valence electrons. The monoisotopic (exact) mass is 684 g/mol. The first kappa shape index (κ1) is 37.5. The second-order valence-corrected chi connectivity index (χ2v) is 13.8. The van der Waals surface area contributed by atoms with Crippen LogP contribution in [0, 0.1) is 55.4 Å². The van der Waals surface area contributed by atoms with Crippen molar-refractivity contribution in [3.05, 3.63) is 127 Å². The number of aryl methyl sites for hydroxylation is 8. The first-order valence-corrected chi connectivity index (χ1v) is 17.4.